The van der Waals surface area contributed by atoms with Gasteiger partial charge in [0.05, 0.1) is 12.5 Å². The Morgan fingerprint density at radius 3 is 2.47 bits per heavy atom. The minimum atomic E-state index is -0.798. The van der Waals surface area contributed by atoms with E-state index in [4.69, 9.17) is 9.84 Å². The van der Waals surface area contributed by atoms with E-state index in [2.05, 4.69) is 0 Å². The maximum atomic E-state index is 10.7. The van der Waals surface area contributed by atoms with Crippen molar-refractivity contribution in [3.63, 3.8) is 0 Å². The smallest absolute Gasteiger partial charge is 0.304 e. The zero-order valence-electron chi connectivity index (χ0n) is 9.01. The van der Waals surface area contributed by atoms with E-state index in [-0.39, 0.29) is 18.4 Å². The van der Waals surface area contributed by atoms with Gasteiger partial charge < -0.3 is 9.84 Å². The van der Waals surface area contributed by atoms with Crippen LogP contribution >= 0.6 is 0 Å². The first-order chi connectivity index (χ1) is 7.15. The molecule has 0 saturated heterocycles. The summed E-state index contributed by atoms with van der Waals surface area (Å²) < 4.78 is 5.20. The Morgan fingerprint density at radius 2 is 2.00 bits per heavy atom. The van der Waals surface area contributed by atoms with Crippen LogP contribution in [0, 0.1) is 0 Å². The lowest BCUT2D eigenvalue weighted by molar-refractivity contribution is -0.138. The average Bonchev–Trinajstić information content (AvgIpc) is 2.26. The molecule has 0 saturated carbocycles. The van der Waals surface area contributed by atoms with Gasteiger partial charge in [-0.1, -0.05) is 30.3 Å². The van der Waals surface area contributed by atoms with Crippen LogP contribution in [0.25, 0.3) is 0 Å². The fourth-order valence-corrected chi connectivity index (χ4v) is 1.61. The molecule has 1 aromatic rings. The van der Waals surface area contributed by atoms with E-state index < -0.39 is 5.97 Å². The summed E-state index contributed by atoms with van der Waals surface area (Å²) in [5.74, 6) is -0.888. The highest BCUT2D eigenvalue weighted by molar-refractivity contribution is 5.68. The molecule has 2 unspecified atom stereocenters. The van der Waals surface area contributed by atoms with Crippen LogP contribution in [0.2, 0.25) is 0 Å². The minimum absolute atomic E-state index is 0.0892. The summed E-state index contributed by atoms with van der Waals surface area (Å²) in [5.41, 5.74) is 1.01. The molecule has 0 radical (unpaired) electrons. The standard InChI is InChI=1S/C12H16O3/c1-9(15-2)11(8-12(13)14)10-6-4-3-5-7-10/h3-7,9,11H,8H2,1-2H3,(H,13,14). The largest absolute Gasteiger partial charge is 0.481 e. The van der Waals surface area contributed by atoms with Crippen molar-refractivity contribution in [3.8, 4) is 0 Å². The first-order valence-corrected chi connectivity index (χ1v) is 4.94. The van der Waals surface area contributed by atoms with Crippen molar-refractivity contribution < 1.29 is 14.6 Å². The number of carbonyl (C=O) groups is 1. The summed E-state index contributed by atoms with van der Waals surface area (Å²) in [7, 11) is 1.60. The predicted molar refractivity (Wildman–Crippen MR) is 57.9 cm³/mol. The molecule has 15 heavy (non-hydrogen) atoms. The van der Waals surface area contributed by atoms with Crippen LogP contribution in [0.1, 0.15) is 24.8 Å². The van der Waals surface area contributed by atoms with Crippen LogP contribution in [-0.2, 0) is 9.53 Å². The van der Waals surface area contributed by atoms with E-state index in [0.29, 0.717) is 0 Å². The van der Waals surface area contributed by atoms with Crippen LogP contribution in [0.4, 0.5) is 0 Å². The molecule has 1 N–H and O–H groups in total. The molecule has 0 aliphatic heterocycles. The molecule has 0 heterocycles. The third-order valence-corrected chi connectivity index (χ3v) is 2.56. The van der Waals surface area contributed by atoms with Gasteiger partial charge in [0.1, 0.15) is 0 Å². The Morgan fingerprint density at radius 1 is 1.40 bits per heavy atom. The minimum Gasteiger partial charge on any atom is -0.481 e. The first-order valence-electron chi connectivity index (χ1n) is 4.94. The van der Waals surface area contributed by atoms with Gasteiger partial charge >= 0.3 is 5.97 Å². The number of methoxy groups -OCH3 is 1. The fraction of sp³-hybridized carbons (Fsp3) is 0.417. The molecule has 0 aliphatic rings. The van der Waals surface area contributed by atoms with Gasteiger partial charge in [-0.3, -0.25) is 4.79 Å². The van der Waals surface area contributed by atoms with Gasteiger partial charge in [0.15, 0.2) is 0 Å². The number of hydrogen-bond donors (Lipinski definition) is 1. The van der Waals surface area contributed by atoms with Crippen LogP contribution in [0.15, 0.2) is 30.3 Å². The van der Waals surface area contributed by atoms with Gasteiger partial charge in [-0.2, -0.15) is 0 Å². The molecule has 3 heteroatoms. The second-order valence-electron chi connectivity index (χ2n) is 3.56. The monoisotopic (exact) mass is 208 g/mol. The normalized spacial score (nSPS) is 14.5. The second-order valence-corrected chi connectivity index (χ2v) is 3.56. The number of rotatable bonds is 5. The van der Waals surface area contributed by atoms with Crippen LogP contribution in [0.5, 0.6) is 0 Å². The molecule has 3 nitrogen and oxygen atoms in total. The van der Waals surface area contributed by atoms with Crippen molar-refractivity contribution in [2.45, 2.75) is 25.4 Å². The topological polar surface area (TPSA) is 46.5 Å². The molecule has 0 spiro atoms. The van der Waals surface area contributed by atoms with E-state index in [9.17, 15) is 4.79 Å². The van der Waals surface area contributed by atoms with Crippen LogP contribution < -0.4 is 0 Å². The number of aliphatic carboxylic acids is 1. The van der Waals surface area contributed by atoms with Crippen molar-refractivity contribution in [2.24, 2.45) is 0 Å². The molecule has 1 rings (SSSR count). The molecular weight excluding hydrogens is 192 g/mol. The molecule has 2 atom stereocenters. The highest BCUT2D eigenvalue weighted by Crippen LogP contribution is 2.24. The van der Waals surface area contributed by atoms with Gasteiger partial charge in [-0.15, -0.1) is 0 Å². The Balaban J connectivity index is 2.86. The van der Waals surface area contributed by atoms with Crippen molar-refractivity contribution in [2.75, 3.05) is 7.11 Å². The molecule has 0 aliphatic carbocycles. The maximum absolute atomic E-state index is 10.7. The Hall–Kier alpha value is -1.35. The van der Waals surface area contributed by atoms with E-state index in [0.717, 1.165) is 5.56 Å². The molecule has 0 fully saturated rings. The summed E-state index contributed by atoms with van der Waals surface area (Å²) in [6, 6.07) is 9.60. The molecule has 0 aromatic heterocycles. The Kier molecular flexibility index (Phi) is 4.31. The second kappa shape index (κ2) is 5.51. The van der Waals surface area contributed by atoms with Gasteiger partial charge in [-0.05, 0) is 12.5 Å². The van der Waals surface area contributed by atoms with Gasteiger partial charge in [-0.25, -0.2) is 0 Å². The molecule has 0 amide bonds. The number of carboxylic acids is 1. The molecule has 1 aromatic carbocycles. The summed E-state index contributed by atoms with van der Waals surface area (Å²) in [6.07, 6.45) is 0.00227. The van der Waals surface area contributed by atoms with E-state index in [1.165, 1.54) is 0 Å². The third-order valence-electron chi connectivity index (χ3n) is 2.56. The predicted octanol–water partition coefficient (Wildman–Crippen LogP) is 2.28. The van der Waals surface area contributed by atoms with E-state index >= 15 is 0 Å². The third kappa shape index (κ3) is 3.36. The van der Waals surface area contributed by atoms with Gasteiger partial charge in [0, 0.05) is 13.0 Å². The number of ether oxygens (including phenoxy) is 1. The lowest BCUT2D eigenvalue weighted by Crippen LogP contribution is -2.20. The van der Waals surface area contributed by atoms with E-state index in [1.54, 1.807) is 7.11 Å². The molecule has 0 bridgehead atoms. The van der Waals surface area contributed by atoms with Crippen molar-refractivity contribution >= 4 is 5.97 Å². The number of hydrogen-bond acceptors (Lipinski definition) is 2. The SMILES string of the molecule is COC(C)C(CC(=O)O)c1ccccc1. The maximum Gasteiger partial charge on any atom is 0.304 e. The quantitative estimate of drug-likeness (QED) is 0.807. The summed E-state index contributed by atoms with van der Waals surface area (Å²) in [6.45, 7) is 1.89. The summed E-state index contributed by atoms with van der Waals surface area (Å²) in [4.78, 5) is 10.7. The number of carboxylic acid groups (broad SMARTS) is 1. The Labute approximate surface area is 89.7 Å². The van der Waals surface area contributed by atoms with Crippen LogP contribution in [-0.4, -0.2) is 24.3 Å². The summed E-state index contributed by atoms with van der Waals surface area (Å²) in [5, 5.41) is 8.83. The lowest BCUT2D eigenvalue weighted by Gasteiger charge is -2.21. The first kappa shape index (κ1) is 11.7. The van der Waals surface area contributed by atoms with Gasteiger partial charge in [0.25, 0.3) is 0 Å². The highest BCUT2D eigenvalue weighted by Gasteiger charge is 2.21. The van der Waals surface area contributed by atoms with E-state index in [1.807, 2.05) is 37.3 Å². The zero-order chi connectivity index (χ0) is 11.3. The number of benzene rings is 1. The van der Waals surface area contributed by atoms with Crippen molar-refractivity contribution in [1.82, 2.24) is 0 Å². The van der Waals surface area contributed by atoms with Crippen molar-refractivity contribution in [1.29, 1.82) is 0 Å². The zero-order valence-corrected chi connectivity index (χ0v) is 9.01. The molecular formula is C12H16O3. The summed E-state index contributed by atoms with van der Waals surface area (Å²) >= 11 is 0. The van der Waals surface area contributed by atoms with Crippen molar-refractivity contribution in [3.05, 3.63) is 35.9 Å². The lowest BCUT2D eigenvalue weighted by atomic mass is 9.91. The highest BCUT2D eigenvalue weighted by atomic mass is 16.5. The average molecular weight is 208 g/mol. The van der Waals surface area contributed by atoms with Gasteiger partial charge in [0.2, 0.25) is 0 Å². The van der Waals surface area contributed by atoms with Crippen LogP contribution in [0.3, 0.4) is 0 Å². The fourth-order valence-electron chi connectivity index (χ4n) is 1.61. The Bertz CT molecular complexity index is 308. The molecule has 82 valence electrons.